The summed E-state index contributed by atoms with van der Waals surface area (Å²) in [5, 5.41) is 6.36. The number of aryl methyl sites for hydroxylation is 3. The van der Waals surface area contributed by atoms with Crippen LogP contribution in [0.25, 0.3) is 0 Å². The number of nitrogens with one attached hydrogen (secondary N) is 1. The van der Waals surface area contributed by atoms with Gasteiger partial charge in [0.25, 0.3) is 0 Å². The van der Waals surface area contributed by atoms with E-state index in [1.165, 1.54) is 4.31 Å². The Morgan fingerprint density at radius 1 is 1.26 bits per heavy atom. The summed E-state index contributed by atoms with van der Waals surface area (Å²) in [5.74, 6) is 1.06. The molecule has 146 valence electrons. The molecule has 1 saturated heterocycles. The van der Waals surface area contributed by atoms with Crippen molar-refractivity contribution in [2.45, 2.75) is 44.6 Å². The van der Waals surface area contributed by atoms with Gasteiger partial charge in [0.15, 0.2) is 5.82 Å². The predicted molar refractivity (Wildman–Crippen MR) is 99.3 cm³/mol. The molecule has 27 heavy (non-hydrogen) atoms. The molecule has 1 atom stereocenters. The van der Waals surface area contributed by atoms with E-state index < -0.39 is 22.0 Å². The number of sulfonamides is 1. The number of aromatic nitrogens is 1. The maximum Gasteiger partial charge on any atom is 0.244 e. The fraction of sp³-hybridized carbons (Fsp3) is 0.444. The smallest absolute Gasteiger partial charge is 0.244 e. The Morgan fingerprint density at radius 3 is 2.63 bits per heavy atom. The van der Waals surface area contributed by atoms with Gasteiger partial charge in [-0.2, -0.15) is 4.31 Å². The summed E-state index contributed by atoms with van der Waals surface area (Å²) < 4.78 is 38.0. The second-order valence-corrected chi connectivity index (χ2v) is 8.53. The fourth-order valence-corrected chi connectivity index (χ4v) is 5.26. The van der Waals surface area contributed by atoms with Gasteiger partial charge < -0.3 is 14.6 Å². The van der Waals surface area contributed by atoms with Crippen LogP contribution in [-0.4, -0.2) is 43.5 Å². The van der Waals surface area contributed by atoms with Crippen LogP contribution in [0.3, 0.4) is 0 Å². The largest absolute Gasteiger partial charge is 0.496 e. The Hall–Kier alpha value is -2.39. The number of benzene rings is 1. The predicted octanol–water partition coefficient (Wildman–Crippen LogP) is 2.40. The first-order valence-corrected chi connectivity index (χ1v) is 10.1. The van der Waals surface area contributed by atoms with Crippen LogP contribution in [0.4, 0.5) is 5.82 Å². The van der Waals surface area contributed by atoms with Crippen molar-refractivity contribution >= 4 is 21.7 Å². The van der Waals surface area contributed by atoms with Crippen LogP contribution in [0.5, 0.6) is 5.75 Å². The Bertz CT molecular complexity index is 967. The van der Waals surface area contributed by atoms with E-state index in [2.05, 4.69) is 10.5 Å². The zero-order valence-corrected chi connectivity index (χ0v) is 16.6. The number of hydrogen-bond donors (Lipinski definition) is 1. The SMILES string of the molecule is COc1cc(C)c(S(=O)(=O)N2CCC[C@H]2C(=O)Nc2cc(C)on2)cc1C. The second kappa shape index (κ2) is 7.32. The van der Waals surface area contributed by atoms with E-state index in [0.717, 1.165) is 5.56 Å². The Morgan fingerprint density at radius 2 is 2.00 bits per heavy atom. The maximum absolute atomic E-state index is 13.2. The summed E-state index contributed by atoms with van der Waals surface area (Å²) in [6.45, 7) is 5.52. The van der Waals surface area contributed by atoms with E-state index in [1.54, 1.807) is 46.1 Å². The number of ether oxygens (including phenoxy) is 1. The Balaban J connectivity index is 1.89. The van der Waals surface area contributed by atoms with Gasteiger partial charge in [0.1, 0.15) is 17.6 Å². The monoisotopic (exact) mass is 393 g/mol. The average Bonchev–Trinajstić information content (AvgIpc) is 3.25. The van der Waals surface area contributed by atoms with E-state index >= 15 is 0 Å². The third-order valence-electron chi connectivity index (χ3n) is 4.66. The number of anilines is 1. The normalized spacial score (nSPS) is 17.9. The molecule has 1 amide bonds. The molecule has 1 aliphatic rings. The van der Waals surface area contributed by atoms with E-state index in [0.29, 0.717) is 36.5 Å². The minimum atomic E-state index is -3.83. The standard InChI is InChI=1S/C18H23N3O5S/c1-11-9-16(12(2)8-15(11)25-4)27(23,24)21-7-5-6-14(21)18(22)19-17-10-13(3)26-20-17/h8-10,14H,5-7H2,1-4H3,(H,19,20,22)/t14-/m0/s1. The average molecular weight is 393 g/mol. The van der Waals surface area contributed by atoms with Crippen molar-refractivity contribution in [2.24, 2.45) is 0 Å². The molecule has 0 radical (unpaired) electrons. The van der Waals surface area contributed by atoms with Crippen molar-refractivity contribution in [3.8, 4) is 5.75 Å². The van der Waals surface area contributed by atoms with Crippen LogP contribution < -0.4 is 10.1 Å². The number of amides is 1. The van der Waals surface area contributed by atoms with Gasteiger partial charge in [0.2, 0.25) is 15.9 Å². The first kappa shape index (κ1) is 19.4. The zero-order valence-electron chi connectivity index (χ0n) is 15.8. The van der Waals surface area contributed by atoms with Crippen LogP contribution in [0.1, 0.15) is 29.7 Å². The summed E-state index contributed by atoms with van der Waals surface area (Å²) in [6, 6.07) is 4.10. The van der Waals surface area contributed by atoms with Crippen molar-refractivity contribution in [3.63, 3.8) is 0 Å². The van der Waals surface area contributed by atoms with Crippen LogP contribution in [0.15, 0.2) is 27.6 Å². The number of carbonyl (C=O) groups is 1. The molecule has 2 heterocycles. The molecule has 0 aliphatic carbocycles. The molecule has 2 aromatic rings. The molecule has 8 nitrogen and oxygen atoms in total. The Kier molecular flexibility index (Phi) is 5.25. The Labute approximate surface area is 158 Å². The van der Waals surface area contributed by atoms with E-state index in [-0.39, 0.29) is 10.7 Å². The number of nitrogens with zero attached hydrogens (tertiary/aromatic N) is 2. The highest BCUT2D eigenvalue weighted by atomic mass is 32.2. The fourth-order valence-electron chi connectivity index (χ4n) is 3.31. The van der Waals surface area contributed by atoms with Gasteiger partial charge in [-0.1, -0.05) is 5.16 Å². The summed E-state index contributed by atoms with van der Waals surface area (Å²) in [6.07, 6.45) is 1.07. The van der Waals surface area contributed by atoms with E-state index in [1.807, 2.05) is 0 Å². The van der Waals surface area contributed by atoms with Gasteiger partial charge >= 0.3 is 0 Å². The molecular weight excluding hydrogens is 370 g/mol. The molecule has 0 saturated carbocycles. The molecule has 1 aromatic carbocycles. The van der Waals surface area contributed by atoms with Crippen molar-refractivity contribution in [1.29, 1.82) is 0 Å². The highest BCUT2D eigenvalue weighted by Crippen LogP contribution is 2.32. The molecule has 1 aliphatic heterocycles. The molecule has 1 fully saturated rings. The molecule has 9 heteroatoms. The van der Waals surface area contributed by atoms with Gasteiger partial charge in [-0.05, 0) is 56.9 Å². The van der Waals surface area contributed by atoms with Crippen LogP contribution in [-0.2, 0) is 14.8 Å². The lowest BCUT2D eigenvalue weighted by atomic mass is 10.1. The second-order valence-electron chi connectivity index (χ2n) is 6.67. The van der Waals surface area contributed by atoms with Crippen molar-refractivity contribution in [1.82, 2.24) is 9.46 Å². The molecule has 3 rings (SSSR count). The summed E-state index contributed by atoms with van der Waals surface area (Å²) in [4.78, 5) is 12.8. The number of hydrogen-bond acceptors (Lipinski definition) is 6. The third-order valence-corrected chi connectivity index (χ3v) is 6.71. The van der Waals surface area contributed by atoms with Crippen LogP contribution >= 0.6 is 0 Å². The molecular formula is C18H23N3O5S. The molecule has 0 bridgehead atoms. The van der Waals surface area contributed by atoms with Crippen molar-refractivity contribution in [2.75, 3.05) is 19.0 Å². The topological polar surface area (TPSA) is 102 Å². The van der Waals surface area contributed by atoms with Crippen LogP contribution in [0.2, 0.25) is 0 Å². The summed E-state index contributed by atoms with van der Waals surface area (Å²) in [5.41, 5.74) is 1.30. The van der Waals surface area contributed by atoms with Gasteiger partial charge in [-0.15, -0.1) is 0 Å². The molecule has 1 N–H and O–H groups in total. The van der Waals surface area contributed by atoms with Crippen molar-refractivity contribution in [3.05, 3.63) is 35.1 Å². The lowest BCUT2D eigenvalue weighted by molar-refractivity contribution is -0.119. The molecule has 1 aromatic heterocycles. The summed E-state index contributed by atoms with van der Waals surface area (Å²) in [7, 11) is -2.28. The lowest BCUT2D eigenvalue weighted by Crippen LogP contribution is -2.43. The minimum Gasteiger partial charge on any atom is -0.496 e. The van der Waals surface area contributed by atoms with Gasteiger partial charge in [0.05, 0.1) is 12.0 Å². The van der Waals surface area contributed by atoms with Gasteiger partial charge in [-0.3, -0.25) is 4.79 Å². The number of carbonyl (C=O) groups excluding carboxylic acids is 1. The highest BCUT2D eigenvalue weighted by Gasteiger charge is 2.40. The quantitative estimate of drug-likeness (QED) is 0.837. The van der Waals surface area contributed by atoms with Gasteiger partial charge in [0, 0.05) is 12.6 Å². The molecule has 0 unspecified atom stereocenters. The van der Waals surface area contributed by atoms with Crippen molar-refractivity contribution < 1.29 is 22.5 Å². The number of methoxy groups -OCH3 is 1. The first-order chi connectivity index (χ1) is 12.7. The third kappa shape index (κ3) is 3.70. The van der Waals surface area contributed by atoms with Crippen LogP contribution in [0, 0.1) is 20.8 Å². The van der Waals surface area contributed by atoms with Gasteiger partial charge in [-0.25, -0.2) is 8.42 Å². The number of rotatable bonds is 5. The first-order valence-electron chi connectivity index (χ1n) is 8.65. The summed E-state index contributed by atoms with van der Waals surface area (Å²) >= 11 is 0. The highest BCUT2D eigenvalue weighted by molar-refractivity contribution is 7.89. The zero-order chi connectivity index (χ0) is 19.8. The van der Waals surface area contributed by atoms with E-state index in [4.69, 9.17) is 9.26 Å². The molecule has 0 spiro atoms. The van der Waals surface area contributed by atoms with E-state index in [9.17, 15) is 13.2 Å². The minimum absolute atomic E-state index is 0.192. The maximum atomic E-state index is 13.2. The lowest BCUT2D eigenvalue weighted by Gasteiger charge is -2.24.